The SMILES string of the molecule is Cc1cccc(OCC(=O)N2CCN(c3ccc(-c4ccc(Cl)cc4)nn3)CC2)c1. The number of hydrogen-bond donors (Lipinski definition) is 0. The van der Waals surface area contributed by atoms with Gasteiger partial charge in [0.1, 0.15) is 5.75 Å². The van der Waals surface area contributed by atoms with Gasteiger partial charge in [-0.2, -0.15) is 0 Å². The van der Waals surface area contributed by atoms with E-state index in [2.05, 4.69) is 15.1 Å². The van der Waals surface area contributed by atoms with Crippen molar-refractivity contribution in [2.75, 3.05) is 37.7 Å². The molecule has 0 unspecified atom stereocenters. The summed E-state index contributed by atoms with van der Waals surface area (Å²) < 4.78 is 5.64. The number of benzene rings is 2. The van der Waals surface area contributed by atoms with Crippen molar-refractivity contribution in [1.82, 2.24) is 15.1 Å². The topological polar surface area (TPSA) is 58.6 Å². The number of carbonyl (C=O) groups excluding carboxylic acids is 1. The first-order chi connectivity index (χ1) is 14.6. The Morgan fingerprint density at radius 2 is 1.77 bits per heavy atom. The summed E-state index contributed by atoms with van der Waals surface area (Å²) in [7, 11) is 0. The highest BCUT2D eigenvalue weighted by Crippen LogP contribution is 2.21. The molecule has 0 atom stereocenters. The van der Waals surface area contributed by atoms with Crippen molar-refractivity contribution in [3.8, 4) is 17.0 Å². The quantitative estimate of drug-likeness (QED) is 0.625. The van der Waals surface area contributed by atoms with Crippen LogP contribution in [0, 0.1) is 6.92 Å². The van der Waals surface area contributed by atoms with Gasteiger partial charge in [-0.25, -0.2) is 0 Å². The molecule has 0 spiro atoms. The van der Waals surface area contributed by atoms with Crippen LogP contribution in [0.5, 0.6) is 5.75 Å². The summed E-state index contributed by atoms with van der Waals surface area (Å²) in [6.45, 7) is 4.75. The number of aryl methyl sites for hydroxylation is 1. The van der Waals surface area contributed by atoms with Crippen LogP contribution in [0.1, 0.15) is 5.56 Å². The van der Waals surface area contributed by atoms with Crippen LogP contribution >= 0.6 is 11.6 Å². The normalized spacial score (nSPS) is 13.9. The number of carbonyl (C=O) groups is 1. The molecular formula is C23H23ClN4O2. The number of halogens is 1. The Bertz CT molecular complexity index is 1000. The number of aromatic nitrogens is 2. The summed E-state index contributed by atoms with van der Waals surface area (Å²) >= 11 is 5.94. The molecule has 7 heteroatoms. The van der Waals surface area contributed by atoms with Gasteiger partial charge in [-0.3, -0.25) is 4.79 Å². The second-order valence-electron chi connectivity index (χ2n) is 7.26. The zero-order valence-corrected chi connectivity index (χ0v) is 17.5. The molecule has 30 heavy (non-hydrogen) atoms. The van der Waals surface area contributed by atoms with E-state index in [1.807, 2.05) is 72.5 Å². The summed E-state index contributed by atoms with van der Waals surface area (Å²) in [5, 5.41) is 9.41. The highest BCUT2D eigenvalue weighted by atomic mass is 35.5. The van der Waals surface area contributed by atoms with Crippen molar-refractivity contribution < 1.29 is 9.53 Å². The van der Waals surface area contributed by atoms with Crippen LogP contribution in [0.4, 0.5) is 5.82 Å². The molecule has 2 aromatic carbocycles. The van der Waals surface area contributed by atoms with Gasteiger partial charge < -0.3 is 14.5 Å². The number of ether oxygens (including phenoxy) is 1. The predicted octanol–water partition coefficient (Wildman–Crippen LogP) is 3.83. The Morgan fingerprint density at radius 1 is 1.00 bits per heavy atom. The maximum absolute atomic E-state index is 12.5. The zero-order valence-electron chi connectivity index (χ0n) is 16.8. The second-order valence-corrected chi connectivity index (χ2v) is 7.69. The van der Waals surface area contributed by atoms with E-state index in [0.29, 0.717) is 31.2 Å². The van der Waals surface area contributed by atoms with Crippen LogP contribution in [0.15, 0.2) is 60.7 Å². The lowest BCUT2D eigenvalue weighted by Gasteiger charge is -2.35. The molecular weight excluding hydrogens is 400 g/mol. The Balaban J connectivity index is 1.29. The van der Waals surface area contributed by atoms with E-state index in [1.165, 1.54) is 0 Å². The maximum Gasteiger partial charge on any atom is 0.260 e. The van der Waals surface area contributed by atoms with Gasteiger partial charge in [-0.05, 0) is 48.9 Å². The summed E-state index contributed by atoms with van der Waals surface area (Å²) in [5.74, 6) is 1.54. The molecule has 0 N–H and O–H groups in total. The third-order valence-electron chi connectivity index (χ3n) is 5.10. The molecule has 1 aliphatic rings. The van der Waals surface area contributed by atoms with Crippen LogP contribution in [0.3, 0.4) is 0 Å². The van der Waals surface area contributed by atoms with Crippen molar-refractivity contribution in [1.29, 1.82) is 0 Å². The number of piperazine rings is 1. The van der Waals surface area contributed by atoms with E-state index < -0.39 is 0 Å². The molecule has 1 saturated heterocycles. The molecule has 1 fully saturated rings. The molecule has 1 aromatic heterocycles. The molecule has 1 aliphatic heterocycles. The molecule has 0 saturated carbocycles. The fourth-order valence-electron chi connectivity index (χ4n) is 3.39. The lowest BCUT2D eigenvalue weighted by Crippen LogP contribution is -2.50. The highest BCUT2D eigenvalue weighted by molar-refractivity contribution is 6.30. The first-order valence-electron chi connectivity index (χ1n) is 9.90. The van der Waals surface area contributed by atoms with Crippen LogP contribution < -0.4 is 9.64 Å². The van der Waals surface area contributed by atoms with Gasteiger partial charge in [0.25, 0.3) is 5.91 Å². The Morgan fingerprint density at radius 3 is 2.43 bits per heavy atom. The average Bonchev–Trinajstić information content (AvgIpc) is 2.78. The minimum atomic E-state index is 0.000302. The monoisotopic (exact) mass is 422 g/mol. The highest BCUT2D eigenvalue weighted by Gasteiger charge is 2.22. The minimum absolute atomic E-state index is 0.000302. The first-order valence-corrected chi connectivity index (χ1v) is 10.3. The van der Waals surface area contributed by atoms with Crippen molar-refractivity contribution in [3.63, 3.8) is 0 Å². The molecule has 0 bridgehead atoms. The third kappa shape index (κ3) is 4.89. The smallest absolute Gasteiger partial charge is 0.260 e. The fourth-order valence-corrected chi connectivity index (χ4v) is 3.52. The molecule has 0 radical (unpaired) electrons. The molecule has 0 aliphatic carbocycles. The average molecular weight is 423 g/mol. The van der Waals surface area contributed by atoms with Crippen LogP contribution in [-0.4, -0.2) is 53.8 Å². The van der Waals surface area contributed by atoms with Gasteiger partial charge in [0.15, 0.2) is 12.4 Å². The van der Waals surface area contributed by atoms with Crippen LogP contribution in [0.2, 0.25) is 5.02 Å². The van der Waals surface area contributed by atoms with Gasteiger partial charge >= 0.3 is 0 Å². The van der Waals surface area contributed by atoms with Gasteiger partial charge in [0.05, 0.1) is 5.69 Å². The third-order valence-corrected chi connectivity index (χ3v) is 5.35. The number of hydrogen-bond acceptors (Lipinski definition) is 5. The van der Waals surface area contributed by atoms with Crippen molar-refractivity contribution in [2.45, 2.75) is 6.92 Å². The number of amides is 1. The molecule has 1 amide bonds. The Labute approximate surface area is 181 Å². The Hall–Kier alpha value is -3.12. The van der Waals surface area contributed by atoms with Crippen LogP contribution in [0.25, 0.3) is 11.3 Å². The lowest BCUT2D eigenvalue weighted by molar-refractivity contribution is -0.133. The van der Waals surface area contributed by atoms with Crippen molar-refractivity contribution in [2.24, 2.45) is 0 Å². The van der Waals surface area contributed by atoms with E-state index in [9.17, 15) is 4.79 Å². The number of nitrogens with zero attached hydrogens (tertiary/aromatic N) is 4. The predicted molar refractivity (Wildman–Crippen MR) is 118 cm³/mol. The first kappa shape index (κ1) is 20.2. The lowest BCUT2D eigenvalue weighted by atomic mass is 10.1. The van der Waals surface area contributed by atoms with E-state index in [4.69, 9.17) is 16.3 Å². The molecule has 2 heterocycles. The molecule has 4 rings (SSSR count). The summed E-state index contributed by atoms with van der Waals surface area (Å²) in [6, 6.07) is 19.2. The molecule has 3 aromatic rings. The summed E-state index contributed by atoms with van der Waals surface area (Å²) in [4.78, 5) is 16.4. The van der Waals surface area contributed by atoms with Crippen LogP contribution in [-0.2, 0) is 4.79 Å². The zero-order chi connectivity index (χ0) is 20.9. The van der Waals surface area contributed by atoms with E-state index in [0.717, 1.165) is 28.4 Å². The molecule has 6 nitrogen and oxygen atoms in total. The van der Waals surface area contributed by atoms with E-state index >= 15 is 0 Å². The minimum Gasteiger partial charge on any atom is -0.484 e. The Kier molecular flexibility index (Phi) is 6.14. The van der Waals surface area contributed by atoms with E-state index in [-0.39, 0.29) is 12.5 Å². The second kappa shape index (κ2) is 9.13. The van der Waals surface area contributed by atoms with Gasteiger partial charge in [-0.15, -0.1) is 10.2 Å². The van der Waals surface area contributed by atoms with Gasteiger partial charge in [0.2, 0.25) is 0 Å². The van der Waals surface area contributed by atoms with Gasteiger partial charge in [0, 0.05) is 36.8 Å². The summed E-state index contributed by atoms with van der Waals surface area (Å²) in [5.41, 5.74) is 2.89. The van der Waals surface area contributed by atoms with E-state index in [1.54, 1.807) is 0 Å². The molecule has 154 valence electrons. The standard InChI is InChI=1S/C23H23ClN4O2/c1-17-3-2-4-20(15-17)30-16-23(29)28-13-11-27(12-14-28)22-10-9-21(25-26-22)18-5-7-19(24)8-6-18/h2-10,15H,11-14,16H2,1H3. The largest absolute Gasteiger partial charge is 0.484 e. The fraction of sp³-hybridized carbons (Fsp3) is 0.261. The number of anilines is 1. The van der Waals surface area contributed by atoms with Gasteiger partial charge in [-0.1, -0.05) is 35.9 Å². The summed E-state index contributed by atoms with van der Waals surface area (Å²) in [6.07, 6.45) is 0. The maximum atomic E-state index is 12.5. The number of rotatable bonds is 5. The van der Waals surface area contributed by atoms with Crippen molar-refractivity contribution >= 4 is 23.3 Å². The van der Waals surface area contributed by atoms with Crippen molar-refractivity contribution in [3.05, 3.63) is 71.2 Å².